The molecule has 6 nitrogen and oxygen atoms in total. The van der Waals surface area contributed by atoms with Gasteiger partial charge in [-0.15, -0.1) is 0 Å². The average molecular weight is 394 g/mol. The van der Waals surface area contributed by atoms with Crippen LogP contribution >= 0.6 is 0 Å². The topological polar surface area (TPSA) is 58.4 Å². The number of halogens is 3. The third-order valence-electron chi connectivity index (χ3n) is 4.59. The number of aromatic nitrogens is 2. The standard InChI is InChI=1S/C19H21F3N4O2/c1-13-8-14(2)26(23-13)10-15-4-3-5-16(9-15)18(28)24-6-7-25(17(27)11-24)12-19(20,21)22/h3-5,8-9H,6-7,10-12H2,1-2H3. The van der Waals surface area contributed by atoms with Crippen molar-refractivity contribution in [3.8, 4) is 0 Å². The Morgan fingerprint density at radius 2 is 1.93 bits per heavy atom. The van der Waals surface area contributed by atoms with Crippen molar-refractivity contribution < 1.29 is 22.8 Å². The number of aryl methyl sites for hydroxylation is 2. The van der Waals surface area contributed by atoms with Gasteiger partial charge in [-0.2, -0.15) is 18.3 Å². The number of benzene rings is 1. The van der Waals surface area contributed by atoms with E-state index < -0.39 is 18.6 Å². The van der Waals surface area contributed by atoms with E-state index in [-0.39, 0.29) is 25.5 Å². The van der Waals surface area contributed by atoms with Crippen LogP contribution in [0, 0.1) is 13.8 Å². The summed E-state index contributed by atoms with van der Waals surface area (Å²) in [5, 5.41) is 4.40. The van der Waals surface area contributed by atoms with Gasteiger partial charge in [0.05, 0.1) is 12.2 Å². The molecule has 9 heteroatoms. The molecule has 0 saturated carbocycles. The molecule has 0 unspecified atom stereocenters. The molecule has 1 saturated heterocycles. The molecule has 0 radical (unpaired) electrons. The van der Waals surface area contributed by atoms with Crippen LogP contribution in [0.15, 0.2) is 30.3 Å². The highest BCUT2D eigenvalue weighted by Crippen LogP contribution is 2.19. The van der Waals surface area contributed by atoms with Crippen molar-refractivity contribution in [3.63, 3.8) is 0 Å². The third-order valence-corrected chi connectivity index (χ3v) is 4.59. The molecule has 1 aromatic carbocycles. The molecular weight excluding hydrogens is 373 g/mol. The number of amides is 2. The highest BCUT2D eigenvalue weighted by molar-refractivity contribution is 5.97. The van der Waals surface area contributed by atoms with Gasteiger partial charge in [0.2, 0.25) is 5.91 Å². The molecule has 0 spiro atoms. The van der Waals surface area contributed by atoms with E-state index in [1.807, 2.05) is 30.7 Å². The first-order chi connectivity index (χ1) is 13.1. The number of alkyl halides is 3. The molecule has 3 rings (SSSR count). The summed E-state index contributed by atoms with van der Waals surface area (Å²) in [7, 11) is 0. The highest BCUT2D eigenvalue weighted by Gasteiger charge is 2.36. The number of hydrogen-bond acceptors (Lipinski definition) is 3. The van der Waals surface area contributed by atoms with Gasteiger partial charge in [0.25, 0.3) is 5.91 Å². The van der Waals surface area contributed by atoms with Crippen molar-refractivity contribution in [1.82, 2.24) is 19.6 Å². The minimum absolute atomic E-state index is 0.0718. The Balaban J connectivity index is 1.68. The Labute approximate surface area is 160 Å². The van der Waals surface area contributed by atoms with Gasteiger partial charge in [-0.25, -0.2) is 0 Å². The zero-order valence-corrected chi connectivity index (χ0v) is 15.7. The molecule has 0 N–H and O–H groups in total. The van der Waals surface area contributed by atoms with Crippen LogP contribution in [0.25, 0.3) is 0 Å². The lowest BCUT2D eigenvalue weighted by atomic mass is 10.1. The van der Waals surface area contributed by atoms with Crippen molar-refractivity contribution in [2.75, 3.05) is 26.2 Å². The lowest BCUT2D eigenvalue weighted by Crippen LogP contribution is -2.54. The summed E-state index contributed by atoms with van der Waals surface area (Å²) in [6, 6.07) is 8.95. The summed E-state index contributed by atoms with van der Waals surface area (Å²) in [5.41, 5.74) is 3.18. The van der Waals surface area contributed by atoms with Gasteiger partial charge in [-0.05, 0) is 37.6 Å². The van der Waals surface area contributed by atoms with E-state index in [2.05, 4.69) is 5.10 Å². The van der Waals surface area contributed by atoms with Gasteiger partial charge in [0, 0.05) is 24.3 Å². The van der Waals surface area contributed by atoms with E-state index in [0.717, 1.165) is 21.9 Å². The quantitative estimate of drug-likeness (QED) is 0.800. The van der Waals surface area contributed by atoms with Crippen molar-refractivity contribution >= 4 is 11.8 Å². The molecule has 28 heavy (non-hydrogen) atoms. The fraction of sp³-hybridized carbons (Fsp3) is 0.421. The van der Waals surface area contributed by atoms with Crippen LogP contribution in [0.4, 0.5) is 13.2 Å². The number of hydrogen-bond donors (Lipinski definition) is 0. The second-order valence-electron chi connectivity index (χ2n) is 6.94. The maximum Gasteiger partial charge on any atom is 0.406 e. The van der Waals surface area contributed by atoms with Gasteiger partial charge < -0.3 is 9.80 Å². The van der Waals surface area contributed by atoms with Gasteiger partial charge >= 0.3 is 6.18 Å². The number of carbonyl (C=O) groups excluding carboxylic acids is 2. The SMILES string of the molecule is Cc1cc(C)n(Cc2cccc(C(=O)N3CCN(CC(F)(F)F)C(=O)C3)c2)n1. The van der Waals surface area contributed by atoms with Crippen LogP contribution in [-0.2, 0) is 11.3 Å². The van der Waals surface area contributed by atoms with E-state index in [4.69, 9.17) is 0 Å². The Bertz CT molecular complexity index is 892. The zero-order chi connectivity index (χ0) is 20.5. The maximum absolute atomic E-state index is 12.7. The molecule has 0 bridgehead atoms. The summed E-state index contributed by atoms with van der Waals surface area (Å²) in [5.74, 6) is -1.06. The van der Waals surface area contributed by atoms with Crippen LogP contribution in [0.3, 0.4) is 0 Å². The van der Waals surface area contributed by atoms with Gasteiger partial charge in [-0.3, -0.25) is 14.3 Å². The Kier molecular flexibility index (Phi) is 5.44. The van der Waals surface area contributed by atoms with Crippen LogP contribution in [-0.4, -0.2) is 63.7 Å². The predicted molar refractivity (Wildman–Crippen MR) is 95.8 cm³/mol. The second-order valence-corrected chi connectivity index (χ2v) is 6.94. The molecule has 0 atom stereocenters. The molecule has 2 aromatic rings. The first-order valence-electron chi connectivity index (χ1n) is 8.86. The van der Waals surface area contributed by atoms with Gasteiger partial charge in [-0.1, -0.05) is 12.1 Å². The van der Waals surface area contributed by atoms with Crippen LogP contribution in [0.1, 0.15) is 27.3 Å². The van der Waals surface area contributed by atoms with Crippen LogP contribution < -0.4 is 0 Å². The van der Waals surface area contributed by atoms with E-state index in [1.54, 1.807) is 18.2 Å². The Morgan fingerprint density at radius 1 is 1.18 bits per heavy atom. The lowest BCUT2D eigenvalue weighted by Gasteiger charge is -2.34. The fourth-order valence-electron chi connectivity index (χ4n) is 3.26. The van der Waals surface area contributed by atoms with E-state index in [1.165, 1.54) is 4.90 Å². The first kappa shape index (κ1) is 19.9. The Morgan fingerprint density at radius 3 is 2.54 bits per heavy atom. The van der Waals surface area contributed by atoms with E-state index >= 15 is 0 Å². The van der Waals surface area contributed by atoms with E-state index in [0.29, 0.717) is 12.1 Å². The number of rotatable bonds is 4. The van der Waals surface area contributed by atoms with Crippen molar-refractivity contribution in [2.45, 2.75) is 26.6 Å². The molecule has 0 aliphatic carbocycles. The second kappa shape index (κ2) is 7.65. The molecule has 2 heterocycles. The predicted octanol–water partition coefficient (Wildman–Crippen LogP) is 2.39. The Hall–Kier alpha value is -2.84. The minimum Gasteiger partial charge on any atom is -0.330 e. The largest absolute Gasteiger partial charge is 0.406 e. The molecule has 1 aliphatic heterocycles. The van der Waals surface area contributed by atoms with Crippen LogP contribution in [0.5, 0.6) is 0 Å². The number of piperazine rings is 1. The zero-order valence-electron chi connectivity index (χ0n) is 15.7. The van der Waals surface area contributed by atoms with Crippen molar-refractivity contribution in [3.05, 3.63) is 52.8 Å². The summed E-state index contributed by atoms with van der Waals surface area (Å²) in [6.45, 7) is 2.65. The number of carbonyl (C=O) groups is 2. The molecular formula is C19H21F3N4O2. The normalized spacial score (nSPS) is 15.2. The van der Waals surface area contributed by atoms with Gasteiger partial charge in [0.15, 0.2) is 0 Å². The summed E-state index contributed by atoms with van der Waals surface area (Å²) in [4.78, 5) is 26.7. The molecule has 1 aromatic heterocycles. The molecule has 1 aliphatic rings. The number of nitrogens with zero attached hydrogens (tertiary/aromatic N) is 4. The first-order valence-corrected chi connectivity index (χ1v) is 8.86. The monoisotopic (exact) mass is 394 g/mol. The summed E-state index contributed by atoms with van der Waals surface area (Å²) >= 11 is 0. The van der Waals surface area contributed by atoms with Crippen molar-refractivity contribution in [1.29, 1.82) is 0 Å². The minimum atomic E-state index is -4.45. The molecule has 150 valence electrons. The molecule has 1 fully saturated rings. The fourth-order valence-corrected chi connectivity index (χ4v) is 3.26. The summed E-state index contributed by atoms with van der Waals surface area (Å²) in [6.07, 6.45) is -4.45. The molecule has 2 amide bonds. The summed E-state index contributed by atoms with van der Waals surface area (Å²) < 4.78 is 39.3. The average Bonchev–Trinajstić information content (AvgIpc) is 2.92. The smallest absolute Gasteiger partial charge is 0.330 e. The highest BCUT2D eigenvalue weighted by atomic mass is 19.4. The lowest BCUT2D eigenvalue weighted by molar-refractivity contribution is -0.164. The van der Waals surface area contributed by atoms with Crippen molar-refractivity contribution in [2.24, 2.45) is 0 Å². The maximum atomic E-state index is 12.7. The van der Waals surface area contributed by atoms with Crippen LogP contribution in [0.2, 0.25) is 0 Å². The van der Waals surface area contributed by atoms with E-state index in [9.17, 15) is 22.8 Å². The van der Waals surface area contributed by atoms with Gasteiger partial charge in [0.1, 0.15) is 13.1 Å². The third kappa shape index (κ3) is 4.71.